The molecule has 0 aromatic rings. The van der Waals surface area contributed by atoms with Crippen LogP contribution in [-0.4, -0.2) is 11.6 Å². The lowest BCUT2D eigenvalue weighted by atomic mass is 9.76. The molecule has 2 nitrogen and oxygen atoms in total. The molecular formula is C9H16O2. The summed E-state index contributed by atoms with van der Waals surface area (Å²) < 4.78 is 0. The first kappa shape index (κ1) is 10.3. The molecule has 0 N–H and O–H groups in total. The summed E-state index contributed by atoms with van der Waals surface area (Å²) in [5.41, 5.74) is -0.694. The fourth-order valence-electron chi connectivity index (χ4n) is 1.49. The van der Waals surface area contributed by atoms with Gasteiger partial charge in [0, 0.05) is 0 Å². The standard InChI is InChI=1S/C9H16O2/c1-5-9(6-2,7(3)10)8(4)11/h5-6H2,1-4H3. The van der Waals surface area contributed by atoms with Crippen LogP contribution in [0.1, 0.15) is 40.5 Å². The lowest BCUT2D eigenvalue weighted by molar-refractivity contribution is -0.138. The molecule has 0 heterocycles. The summed E-state index contributed by atoms with van der Waals surface area (Å²) in [6, 6.07) is 0. The van der Waals surface area contributed by atoms with Crippen molar-refractivity contribution in [2.24, 2.45) is 5.41 Å². The van der Waals surface area contributed by atoms with Crippen molar-refractivity contribution in [1.82, 2.24) is 0 Å². The molecule has 0 spiro atoms. The Morgan fingerprint density at radius 3 is 1.27 bits per heavy atom. The summed E-state index contributed by atoms with van der Waals surface area (Å²) in [5.74, 6) is -0.00926. The summed E-state index contributed by atoms with van der Waals surface area (Å²) in [6.45, 7) is 6.75. The van der Waals surface area contributed by atoms with Crippen molar-refractivity contribution in [3.05, 3.63) is 0 Å². The minimum atomic E-state index is -0.694. The van der Waals surface area contributed by atoms with E-state index in [1.54, 1.807) is 0 Å². The van der Waals surface area contributed by atoms with Gasteiger partial charge in [0.15, 0.2) is 0 Å². The zero-order valence-corrected chi connectivity index (χ0v) is 7.73. The molecule has 0 aliphatic carbocycles. The van der Waals surface area contributed by atoms with Gasteiger partial charge in [-0.1, -0.05) is 13.8 Å². The highest BCUT2D eigenvalue weighted by Crippen LogP contribution is 2.28. The Bertz CT molecular complexity index is 150. The van der Waals surface area contributed by atoms with Crippen LogP contribution in [0.4, 0.5) is 0 Å². The molecule has 0 fully saturated rings. The van der Waals surface area contributed by atoms with Gasteiger partial charge in [-0.2, -0.15) is 0 Å². The molecule has 0 unspecified atom stereocenters. The Morgan fingerprint density at radius 2 is 1.27 bits per heavy atom. The third kappa shape index (κ3) is 1.67. The Labute approximate surface area is 68.0 Å². The van der Waals surface area contributed by atoms with Crippen molar-refractivity contribution >= 4 is 11.6 Å². The second-order valence-corrected chi connectivity index (χ2v) is 2.90. The summed E-state index contributed by atoms with van der Waals surface area (Å²) >= 11 is 0. The monoisotopic (exact) mass is 156 g/mol. The van der Waals surface area contributed by atoms with E-state index in [9.17, 15) is 9.59 Å². The van der Waals surface area contributed by atoms with Crippen LogP contribution in [0, 0.1) is 5.41 Å². The second kappa shape index (κ2) is 3.65. The zero-order chi connectivity index (χ0) is 9.07. The molecule has 0 atom stereocenters. The number of carbonyl (C=O) groups excluding carboxylic acids is 2. The number of carbonyl (C=O) groups is 2. The summed E-state index contributed by atoms with van der Waals surface area (Å²) in [7, 11) is 0. The summed E-state index contributed by atoms with van der Waals surface area (Å²) in [5, 5.41) is 0. The van der Waals surface area contributed by atoms with Crippen molar-refractivity contribution in [1.29, 1.82) is 0 Å². The fourth-order valence-corrected chi connectivity index (χ4v) is 1.49. The maximum atomic E-state index is 11.1. The number of hydrogen-bond donors (Lipinski definition) is 0. The number of rotatable bonds is 4. The highest BCUT2D eigenvalue weighted by Gasteiger charge is 2.36. The van der Waals surface area contributed by atoms with E-state index in [-0.39, 0.29) is 11.6 Å². The van der Waals surface area contributed by atoms with Crippen LogP contribution >= 0.6 is 0 Å². The van der Waals surface area contributed by atoms with Gasteiger partial charge in [0.25, 0.3) is 0 Å². The van der Waals surface area contributed by atoms with E-state index in [2.05, 4.69) is 0 Å². The van der Waals surface area contributed by atoms with Gasteiger partial charge in [0.05, 0.1) is 5.41 Å². The fraction of sp³-hybridized carbons (Fsp3) is 0.778. The van der Waals surface area contributed by atoms with Gasteiger partial charge in [-0.3, -0.25) is 9.59 Å². The number of Topliss-reactive ketones (excluding diaryl/α,β-unsaturated/α-hetero) is 2. The quantitative estimate of drug-likeness (QED) is 0.583. The minimum absolute atomic E-state index is 0.00463. The van der Waals surface area contributed by atoms with E-state index >= 15 is 0 Å². The second-order valence-electron chi connectivity index (χ2n) is 2.90. The highest BCUT2D eigenvalue weighted by atomic mass is 16.2. The van der Waals surface area contributed by atoms with Gasteiger partial charge in [-0.05, 0) is 26.7 Å². The zero-order valence-electron chi connectivity index (χ0n) is 7.73. The molecule has 0 amide bonds. The van der Waals surface area contributed by atoms with Gasteiger partial charge in [-0.15, -0.1) is 0 Å². The third-order valence-corrected chi connectivity index (χ3v) is 2.55. The van der Waals surface area contributed by atoms with Gasteiger partial charge >= 0.3 is 0 Å². The molecule has 0 aromatic heterocycles. The highest BCUT2D eigenvalue weighted by molar-refractivity contribution is 6.04. The Balaban J connectivity index is 4.76. The van der Waals surface area contributed by atoms with E-state index in [0.29, 0.717) is 12.8 Å². The Morgan fingerprint density at radius 1 is 1.00 bits per heavy atom. The van der Waals surface area contributed by atoms with Crippen LogP contribution in [-0.2, 0) is 9.59 Å². The predicted octanol–water partition coefficient (Wildman–Crippen LogP) is 1.97. The molecule has 0 aliphatic rings. The van der Waals surface area contributed by atoms with Gasteiger partial charge < -0.3 is 0 Å². The summed E-state index contributed by atoms with van der Waals surface area (Å²) in [4.78, 5) is 22.3. The van der Waals surface area contributed by atoms with Crippen molar-refractivity contribution in [2.45, 2.75) is 40.5 Å². The predicted molar refractivity (Wildman–Crippen MR) is 44.4 cm³/mol. The van der Waals surface area contributed by atoms with Crippen molar-refractivity contribution < 1.29 is 9.59 Å². The molecule has 0 bridgehead atoms. The molecule has 0 rings (SSSR count). The van der Waals surface area contributed by atoms with Gasteiger partial charge in [0.1, 0.15) is 11.6 Å². The molecule has 64 valence electrons. The van der Waals surface area contributed by atoms with Crippen molar-refractivity contribution in [3.8, 4) is 0 Å². The van der Waals surface area contributed by atoms with E-state index in [1.807, 2.05) is 13.8 Å². The van der Waals surface area contributed by atoms with E-state index in [0.717, 1.165) is 0 Å². The lowest BCUT2D eigenvalue weighted by Gasteiger charge is -2.24. The van der Waals surface area contributed by atoms with Crippen LogP contribution in [0.3, 0.4) is 0 Å². The topological polar surface area (TPSA) is 34.1 Å². The van der Waals surface area contributed by atoms with Crippen LogP contribution in [0.25, 0.3) is 0 Å². The largest absolute Gasteiger partial charge is 0.299 e. The van der Waals surface area contributed by atoms with Crippen LogP contribution in [0.2, 0.25) is 0 Å². The molecule has 0 aliphatic heterocycles. The van der Waals surface area contributed by atoms with Crippen LogP contribution in [0.5, 0.6) is 0 Å². The first-order valence-corrected chi connectivity index (χ1v) is 4.03. The van der Waals surface area contributed by atoms with Crippen LogP contribution < -0.4 is 0 Å². The van der Waals surface area contributed by atoms with Gasteiger partial charge in [0.2, 0.25) is 0 Å². The van der Waals surface area contributed by atoms with E-state index < -0.39 is 5.41 Å². The summed E-state index contributed by atoms with van der Waals surface area (Å²) in [6.07, 6.45) is 1.24. The smallest absolute Gasteiger partial charge is 0.143 e. The normalized spacial score (nSPS) is 11.3. The average Bonchev–Trinajstić information content (AvgIpc) is 1.90. The molecule has 2 heteroatoms. The SMILES string of the molecule is CCC(CC)(C(C)=O)C(C)=O. The van der Waals surface area contributed by atoms with Crippen molar-refractivity contribution in [2.75, 3.05) is 0 Å². The Kier molecular flexibility index (Phi) is 3.43. The molecular weight excluding hydrogens is 140 g/mol. The Hall–Kier alpha value is -0.660. The molecule has 0 aromatic carbocycles. The van der Waals surface area contributed by atoms with E-state index in [4.69, 9.17) is 0 Å². The van der Waals surface area contributed by atoms with Crippen molar-refractivity contribution in [3.63, 3.8) is 0 Å². The maximum absolute atomic E-state index is 11.1. The average molecular weight is 156 g/mol. The lowest BCUT2D eigenvalue weighted by Crippen LogP contribution is -2.35. The minimum Gasteiger partial charge on any atom is -0.299 e. The van der Waals surface area contributed by atoms with Crippen LogP contribution in [0.15, 0.2) is 0 Å². The maximum Gasteiger partial charge on any atom is 0.143 e. The first-order chi connectivity index (χ1) is 5.01. The number of ketones is 2. The number of hydrogen-bond acceptors (Lipinski definition) is 2. The molecule has 0 radical (unpaired) electrons. The molecule has 0 saturated heterocycles. The molecule has 11 heavy (non-hydrogen) atoms. The third-order valence-electron chi connectivity index (χ3n) is 2.55. The van der Waals surface area contributed by atoms with E-state index in [1.165, 1.54) is 13.8 Å². The molecule has 0 saturated carbocycles. The first-order valence-electron chi connectivity index (χ1n) is 4.03. The van der Waals surface area contributed by atoms with Gasteiger partial charge in [-0.25, -0.2) is 0 Å².